The summed E-state index contributed by atoms with van der Waals surface area (Å²) >= 11 is 1.71. The predicted molar refractivity (Wildman–Crippen MR) is 79.4 cm³/mol. The van der Waals surface area contributed by atoms with Gasteiger partial charge < -0.3 is 9.88 Å². The smallest absolute Gasteiger partial charge is 0.110 e. The van der Waals surface area contributed by atoms with Crippen molar-refractivity contribution in [3.63, 3.8) is 0 Å². The normalized spacial score (nSPS) is 12.7. The molecular formula is C14H22N4S. The zero-order chi connectivity index (χ0) is 13.5. The van der Waals surface area contributed by atoms with Gasteiger partial charge in [0.2, 0.25) is 0 Å². The van der Waals surface area contributed by atoms with Gasteiger partial charge in [-0.2, -0.15) is 0 Å². The molecule has 1 N–H and O–H groups in total. The molecule has 5 heteroatoms. The standard InChI is InChI=1S/C14H22N4S/c1-3-5-16-12(13-10-15-11-19-13)9-14-17-6-8-18(14)7-4-2/h6,8,10-12,16H,3-5,7,9H2,1-2H3. The Morgan fingerprint density at radius 2 is 2.26 bits per heavy atom. The van der Waals surface area contributed by atoms with Crippen LogP contribution in [0.4, 0.5) is 0 Å². The summed E-state index contributed by atoms with van der Waals surface area (Å²) in [4.78, 5) is 9.98. The minimum absolute atomic E-state index is 0.324. The minimum Gasteiger partial charge on any atom is -0.335 e. The van der Waals surface area contributed by atoms with Gasteiger partial charge in [-0.15, -0.1) is 11.3 Å². The van der Waals surface area contributed by atoms with Crippen molar-refractivity contribution in [1.29, 1.82) is 0 Å². The van der Waals surface area contributed by atoms with Gasteiger partial charge in [-0.3, -0.25) is 4.98 Å². The lowest BCUT2D eigenvalue weighted by Crippen LogP contribution is -2.24. The Bertz CT molecular complexity index is 464. The second-order valence-corrected chi connectivity index (χ2v) is 5.57. The molecular weight excluding hydrogens is 256 g/mol. The van der Waals surface area contributed by atoms with Gasteiger partial charge in [-0.25, -0.2) is 4.98 Å². The van der Waals surface area contributed by atoms with Crippen molar-refractivity contribution < 1.29 is 0 Å². The van der Waals surface area contributed by atoms with E-state index in [1.54, 1.807) is 11.3 Å². The van der Waals surface area contributed by atoms with Gasteiger partial charge in [-0.05, 0) is 19.4 Å². The molecule has 1 atom stereocenters. The molecule has 104 valence electrons. The van der Waals surface area contributed by atoms with E-state index in [-0.39, 0.29) is 0 Å². The van der Waals surface area contributed by atoms with Crippen LogP contribution in [0.5, 0.6) is 0 Å². The third kappa shape index (κ3) is 3.88. The summed E-state index contributed by atoms with van der Waals surface area (Å²) in [6.07, 6.45) is 9.13. The summed E-state index contributed by atoms with van der Waals surface area (Å²) in [7, 11) is 0. The first-order valence-corrected chi connectivity index (χ1v) is 7.84. The molecule has 4 nitrogen and oxygen atoms in total. The number of hydrogen-bond donors (Lipinski definition) is 1. The second kappa shape index (κ2) is 7.40. The van der Waals surface area contributed by atoms with E-state index in [1.807, 2.05) is 17.9 Å². The van der Waals surface area contributed by atoms with Gasteiger partial charge in [0, 0.05) is 36.4 Å². The van der Waals surface area contributed by atoms with Crippen molar-refractivity contribution in [2.45, 2.75) is 45.7 Å². The van der Waals surface area contributed by atoms with Crippen LogP contribution < -0.4 is 5.32 Å². The Morgan fingerprint density at radius 3 is 2.95 bits per heavy atom. The second-order valence-electron chi connectivity index (χ2n) is 4.65. The number of thiazole rings is 1. The fraction of sp³-hybridized carbons (Fsp3) is 0.571. The highest BCUT2D eigenvalue weighted by atomic mass is 32.1. The molecule has 2 aromatic rings. The lowest BCUT2D eigenvalue weighted by atomic mass is 10.1. The molecule has 0 radical (unpaired) electrons. The molecule has 0 saturated carbocycles. The molecule has 0 aromatic carbocycles. The van der Waals surface area contributed by atoms with Crippen molar-refractivity contribution in [2.75, 3.05) is 6.54 Å². The molecule has 2 aromatic heterocycles. The Hall–Kier alpha value is -1.20. The average molecular weight is 278 g/mol. The van der Waals surface area contributed by atoms with Crippen LogP contribution in [-0.2, 0) is 13.0 Å². The van der Waals surface area contributed by atoms with Crippen LogP contribution >= 0.6 is 11.3 Å². The Balaban J connectivity index is 2.08. The molecule has 0 spiro atoms. The number of rotatable bonds is 8. The third-order valence-electron chi connectivity index (χ3n) is 3.09. The Morgan fingerprint density at radius 1 is 1.37 bits per heavy atom. The van der Waals surface area contributed by atoms with Crippen LogP contribution in [0.1, 0.15) is 43.4 Å². The van der Waals surface area contributed by atoms with Gasteiger partial charge >= 0.3 is 0 Å². The number of nitrogens with one attached hydrogen (secondary N) is 1. The summed E-state index contributed by atoms with van der Waals surface area (Å²) in [6.45, 7) is 6.45. The van der Waals surface area contributed by atoms with Crippen LogP contribution in [0.15, 0.2) is 24.1 Å². The predicted octanol–water partition coefficient (Wildman–Crippen LogP) is 3.03. The molecule has 2 rings (SSSR count). The quantitative estimate of drug-likeness (QED) is 0.807. The lowest BCUT2D eigenvalue weighted by Gasteiger charge is -2.17. The van der Waals surface area contributed by atoms with Gasteiger partial charge in [0.15, 0.2) is 0 Å². The largest absolute Gasteiger partial charge is 0.335 e. The van der Waals surface area contributed by atoms with Crippen LogP contribution in [-0.4, -0.2) is 21.1 Å². The average Bonchev–Trinajstić information content (AvgIpc) is 3.06. The highest BCUT2D eigenvalue weighted by Crippen LogP contribution is 2.21. The number of aromatic nitrogens is 3. The van der Waals surface area contributed by atoms with E-state index in [4.69, 9.17) is 0 Å². The number of aryl methyl sites for hydroxylation is 1. The van der Waals surface area contributed by atoms with E-state index in [0.29, 0.717) is 6.04 Å². The Kier molecular flexibility index (Phi) is 5.54. The first kappa shape index (κ1) is 14.2. The fourth-order valence-electron chi connectivity index (χ4n) is 2.15. The third-order valence-corrected chi connectivity index (χ3v) is 3.98. The van der Waals surface area contributed by atoms with E-state index < -0.39 is 0 Å². The molecule has 0 aliphatic rings. The SMILES string of the molecule is CCCNC(Cc1nccn1CCC)c1cncs1. The summed E-state index contributed by atoms with van der Waals surface area (Å²) in [5, 5.41) is 3.60. The zero-order valence-electron chi connectivity index (χ0n) is 11.7. The first-order chi connectivity index (χ1) is 9.35. The van der Waals surface area contributed by atoms with Crippen molar-refractivity contribution >= 4 is 11.3 Å². The van der Waals surface area contributed by atoms with Crippen LogP contribution in [0.25, 0.3) is 0 Å². The van der Waals surface area contributed by atoms with E-state index >= 15 is 0 Å². The van der Waals surface area contributed by atoms with E-state index in [2.05, 4.69) is 39.9 Å². The molecule has 2 heterocycles. The topological polar surface area (TPSA) is 42.7 Å². The summed E-state index contributed by atoms with van der Waals surface area (Å²) < 4.78 is 2.25. The first-order valence-electron chi connectivity index (χ1n) is 6.96. The van der Waals surface area contributed by atoms with Gasteiger partial charge in [0.25, 0.3) is 0 Å². The number of hydrogen-bond acceptors (Lipinski definition) is 4. The monoisotopic (exact) mass is 278 g/mol. The summed E-state index contributed by atoms with van der Waals surface area (Å²) in [6, 6.07) is 0.324. The molecule has 0 bridgehead atoms. The van der Waals surface area contributed by atoms with Crippen molar-refractivity contribution in [1.82, 2.24) is 19.9 Å². The highest BCUT2D eigenvalue weighted by molar-refractivity contribution is 7.09. The maximum absolute atomic E-state index is 4.50. The molecule has 0 saturated heterocycles. The van der Waals surface area contributed by atoms with E-state index in [1.165, 1.54) is 4.88 Å². The molecule has 0 aliphatic carbocycles. The molecule has 0 aliphatic heterocycles. The molecule has 0 fully saturated rings. The van der Waals surface area contributed by atoms with Crippen molar-refractivity contribution in [3.05, 3.63) is 34.8 Å². The van der Waals surface area contributed by atoms with Crippen LogP contribution in [0.2, 0.25) is 0 Å². The van der Waals surface area contributed by atoms with Crippen LogP contribution in [0.3, 0.4) is 0 Å². The summed E-state index contributed by atoms with van der Waals surface area (Å²) in [5.41, 5.74) is 1.90. The molecule has 1 unspecified atom stereocenters. The lowest BCUT2D eigenvalue weighted by molar-refractivity contribution is 0.507. The fourth-order valence-corrected chi connectivity index (χ4v) is 2.84. The van der Waals surface area contributed by atoms with Crippen molar-refractivity contribution in [2.24, 2.45) is 0 Å². The Labute approximate surface area is 118 Å². The van der Waals surface area contributed by atoms with Gasteiger partial charge in [0.1, 0.15) is 5.82 Å². The number of imidazole rings is 1. The van der Waals surface area contributed by atoms with E-state index in [9.17, 15) is 0 Å². The summed E-state index contributed by atoms with van der Waals surface area (Å²) in [5.74, 6) is 1.16. The zero-order valence-corrected chi connectivity index (χ0v) is 12.5. The molecule has 0 amide bonds. The maximum Gasteiger partial charge on any atom is 0.110 e. The van der Waals surface area contributed by atoms with Crippen molar-refractivity contribution in [3.8, 4) is 0 Å². The van der Waals surface area contributed by atoms with Crippen LogP contribution in [0, 0.1) is 0 Å². The minimum atomic E-state index is 0.324. The maximum atomic E-state index is 4.50. The number of nitrogens with zero attached hydrogens (tertiary/aromatic N) is 3. The van der Waals surface area contributed by atoms with E-state index in [0.717, 1.165) is 38.2 Å². The van der Waals surface area contributed by atoms with Gasteiger partial charge in [0.05, 0.1) is 11.6 Å². The molecule has 19 heavy (non-hydrogen) atoms. The highest BCUT2D eigenvalue weighted by Gasteiger charge is 2.15. The van der Waals surface area contributed by atoms with Gasteiger partial charge in [-0.1, -0.05) is 13.8 Å².